The van der Waals surface area contributed by atoms with E-state index in [0.29, 0.717) is 35.5 Å². The summed E-state index contributed by atoms with van der Waals surface area (Å²) in [6.07, 6.45) is 12.5. The van der Waals surface area contributed by atoms with Crippen LogP contribution in [0.4, 0.5) is 4.39 Å². The third-order valence-corrected chi connectivity index (χ3v) is 15.7. The molecule has 1 aromatic carbocycles. The highest BCUT2D eigenvalue weighted by Crippen LogP contribution is 2.75. The van der Waals surface area contributed by atoms with E-state index in [9.17, 15) is 9.18 Å². The Labute approximate surface area is 277 Å². The number of aromatic amines is 1. The van der Waals surface area contributed by atoms with Crippen LogP contribution in [-0.4, -0.2) is 43.0 Å². The molecule has 0 aliphatic heterocycles. The molecule has 46 heavy (non-hydrogen) atoms. The monoisotopic (exact) mass is 629 g/mol. The highest BCUT2D eigenvalue weighted by Gasteiger charge is 2.69. The van der Waals surface area contributed by atoms with Crippen molar-refractivity contribution in [3.63, 3.8) is 0 Å². The maximum atomic E-state index is 14.6. The predicted octanol–water partition coefficient (Wildman–Crippen LogP) is 9.05. The molecule has 2 aromatic rings. The topological polar surface area (TPSA) is 48.1 Å². The average Bonchev–Trinajstić information content (AvgIpc) is 3.35. The molecule has 1 heterocycles. The maximum Gasteiger partial charge on any atom is 0.226 e. The van der Waals surface area contributed by atoms with Gasteiger partial charge in [0.25, 0.3) is 0 Å². The van der Waals surface area contributed by atoms with Crippen molar-refractivity contribution in [3.05, 3.63) is 46.9 Å². The fraction of sp³-hybridized carbons (Fsp3) is 0.732. The molecule has 5 aliphatic carbocycles. The van der Waals surface area contributed by atoms with Gasteiger partial charge >= 0.3 is 0 Å². The minimum atomic E-state index is -0.282. The van der Waals surface area contributed by atoms with Gasteiger partial charge in [0.1, 0.15) is 5.82 Å². The number of hydrogen-bond donors (Lipinski definition) is 2. The van der Waals surface area contributed by atoms with Crippen molar-refractivity contribution in [2.45, 2.75) is 112 Å². The zero-order valence-corrected chi connectivity index (χ0v) is 30.2. The fourth-order valence-electron chi connectivity index (χ4n) is 13.0. The number of hydrogen-bond acceptors (Lipinski definition) is 2. The molecule has 5 aliphatic rings. The number of halogens is 1. The third kappa shape index (κ3) is 4.27. The van der Waals surface area contributed by atoms with Gasteiger partial charge in [-0.15, -0.1) is 0 Å². The van der Waals surface area contributed by atoms with E-state index in [0.717, 1.165) is 68.9 Å². The van der Waals surface area contributed by atoms with E-state index in [2.05, 4.69) is 83.8 Å². The highest BCUT2D eigenvalue weighted by molar-refractivity contribution is 5.86. The smallest absolute Gasteiger partial charge is 0.226 e. The first-order chi connectivity index (χ1) is 21.6. The second-order valence-corrected chi connectivity index (χ2v) is 18.3. The summed E-state index contributed by atoms with van der Waals surface area (Å²) in [7, 11) is 4.21. The van der Waals surface area contributed by atoms with Crippen LogP contribution in [0.5, 0.6) is 0 Å². The lowest BCUT2D eigenvalue weighted by molar-refractivity contribution is -0.169. The summed E-state index contributed by atoms with van der Waals surface area (Å²) in [4.78, 5) is 20.3. The molecule has 2 N–H and O–H groups in total. The summed E-state index contributed by atoms with van der Waals surface area (Å²) in [5.41, 5.74) is 5.44. The molecule has 0 unspecified atom stereocenters. The van der Waals surface area contributed by atoms with Gasteiger partial charge in [-0.2, -0.15) is 0 Å². The Kier molecular flexibility index (Phi) is 7.52. The Morgan fingerprint density at radius 1 is 1.02 bits per heavy atom. The minimum absolute atomic E-state index is 0.0102. The number of rotatable bonds is 5. The third-order valence-electron chi connectivity index (χ3n) is 15.7. The molecule has 0 bridgehead atoms. The summed E-state index contributed by atoms with van der Waals surface area (Å²) in [6, 6.07) is 5.30. The van der Waals surface area contributed by atoms with Crippen molar-refractivity contribution >= 4 is 16.8 Å². The van der Waals surface area contributed by atoms with Crippen LogP contribution in [0.15, 0.2) is 29.8 Å². The van der Waals surface area contributed by atoms with E-state index in [1.54, 1.807) is 17.7 Å². The number of aromatic nitrogens is 1. The zero-order valence-electron chi connectivity index (χ0n) is 30.2. The maximum absolute atomic E-state index is 14.6. The number of H-pyrrole nitrogens is 1. The summed E-state index contributed by atoms with van der Waals surface area (Å²) in [5.74, 6) is 2.73. The molecule has 5 heteroatoms. The Morgan fingerprint density at radius 3 is 2.52 bits per heavy atom. The van der Waals surface area contributed by atoms with Gasteiger partial charge < -0.3 is 15.2 Å². The number of carbonyl (C=O) groups excluding carboxylic acids is 1. The Bertz CT molecular complexity index is 1570. The van der Waals surface area contributed by atoms with Crippen LogP contribution in [0, 0.1) is 57.1 Å². The molecular weight excluding hydrogens is 569 g/mol. The van der Waals surface area contributed by atoms with Gasteiger partial charge in [-0.1, -0.05) is 60.1 Å². The average molecular weight is 630 g/mol. The van der Waals surface area contributed by atoms with Crippen molar-refractivity contribution in [3.8, 4) is 0 Å². The van der Waals surface area contributed by atoms with E-state index >= 15 is 0 Å². The van der Waals surface area contributed by atoms with Crippen LogP contribution >= 0.6 is 0 Å². The zero-order chi connectivity index (χ0) is 33.0. The van der Waals surface area contributed by atoms with Crippen LogP contribution in [0.3, 0.4) is 0 Å². The first-order valence-corrected chi connectivity index (χ1v) is 18.5. The largest absolute Gasteiger partial charge is 0.358 e. The van der Waals surface area contributed by atoms with Crippen molar-refractivity contribution in [1.29, 1.82) is 0 Å². The molecule has 0 radical (unpaired) electrons. The quantitative estimate of drug-likeness (QED) is 0.256. The standard InChI is InChI=1S/C41H60FN3O/c1-25-15-18-41(36(46)43-21-10-22-45(8)9)20-19-39(6)30(34(41)26(25)2)12-14-33-38(5)24-29-28-23-27(42)11-13-31(28)44-35(29)37(3,4)32(38)16-17-40(33,39)7/h11-13,23,25-26,32-34,44H,10,14-22,24H2,1-9H3,(H,43,46)/t25-,26+,32+,33-,34+,38+,39-,40-,41+/m1/s1. The molecule has 252 valence electrons. The summed E-state index contributed by atoms with van der Waals surface area (Å²) in [5, 5.41) is 4.54. The molecule has 9 atom stereocenters. The SMILES string of the molecule is C[C@H]1[C@H](C)CC[C@]2(C(=O)NCCCN(C)C)CC[C@]3(C)C(=CC[C@@H]4[C@@]5(C)Cc6c([nH]c7ccc(F)cc67)C(C)(C)[C@@H]5CC[C@]43C)[C@H]12. The van der Waals surface area contributed by atoms with Crippen molar-refractivity contribution in [1.82, 2.24) is 15.2 Å². The van der Waals surface area contributed by atoms with E-state index in [4.69, 9.17) is 0 Å². The normalized spacial score (nSPS) is 41.1. The summed E-state index contributed by atoms with van der Waals surface area (Å²) in [6.45, 7) is 19.4. The Hall–Kier alpha value is -2.14. The lowest BCUT2D eigenvalue weighted by atomic mass is 9.33. The van der Waals surface area contributed by atoms with Gasteiger partial charge in [0.05, 0.1) is 5.41 Å². The summed E-state index contributed by atoms with van der Waals surface area (Å²) >= 11 is 0. The minimum Gasteiger partial charge on any atom is -0.358 e. The number of nitrogens with zero attached hydrogens (tertiary/aromatic N) is 1. The van der Waals surface area contributed by atoms with Crippen LogP contribution in [-0.2, 0) is 16.6 Å². The molecular formula is C41H60FN3O. The second kappa shape index (κ2) is 10.7. The molecule has 1 amide bonds. The number of nitrogens with one attached hydrogen (secondary N) is 2. The predicted molar refractivity (Wildman–Crippen MR) is 187 cm³/mol. The first kappa shape index (κ1) is 32.4. The molecule has 4 nitrogen and oxygen atoms in total. The Balaban J connectivity index is 1.28. The van der Waals surface area contributed by atoms with Crippen molar-refractivity contribution in [2.24, 2.45) is 51.2 Å². The highest BCUT2D eigenvalue weighted by atomic mass is 19.1. The number of allylic oxidation sites excluding steroid dienone is 2. The van der Waals surface area contributed by atoms with Crippen LogP contribution in [0.1, 0.15) is 111 Å². The second-order valence-electron chi connectivity index (χ2n) is 18.3. The van der Waals surface area contributed by atoms with Crippen molar-refractivity contribution in [2.75, 3.05) is 27.2 Å². The summed E-state index contributed by atoms with van der Waals surface area (Å²) < 4.78 is 14.6. The molecule has 1 aromatic heterocycles. The van der Waals surface area contributed by atoms with Gasteiger partial charge in [-0.05, 0) is 148 Å². The molecule has 0 saturated heterocycles. The van der Waals surface area contributed by atoms with E-state index < -0.39 is 0 Å². The van der Waals surface area contributed by atoms with Crippen molar-refractivity contribution < 1.29 is 9.18 Å². The van der Waals surface area contributed by atoms with Crippen LogP contribution < -0.4 is 5.32 Å². The lowest BCUT2D eigenvalue weighted by Crippen LogP contribution is -2.65. The van der Waals surface area contributed by atoms with Gasteiger partial charge in [0.2, 0.25) is 5.91 Å². The molecule has 3 fully saturated rings. The van der Waals surface area contributed by atoms with Crippen LogP contribution in [0.2, 0.25) is 0 Å². The molecule has 7 rings (SSSR count). The van der Waals surface area contributed by atoms with Gasteiger partial charge in [0.15, 0.2) is 0 Å². The number of fused-ring (bicyclic) bond motifs is 10. The number of benzene rings is 1. The van der Waals surface area contributed by atoms with Crippen LogP contribution in [0.25, 0.3) is 10.9 Å². The van der Waals surface area contributed by atoms with Gasteiger partial charge in [-0.3, -0.25) is 4.79 Å². The first-order valence-electron chi connectivity index (χ1n) is 18.5. The lowest BCUT2D eigenvalue weighted by Gasteiger charge is -2.71. The fourth-order valence-corrected chi connectivity index (χ4v) is 13.0. The Morgan fingerprint density at radius 2 is 1.78 bits per heavy atom. The van der Waals surface area contributed by atoms with E-state index in [-0.39, 0.29) is 32.9 Å². The number of carbonyl (C=O) groups is 1. The molecule has 3 saturated carbocycles. The van der Waals surface area contributed by atoms with E-state index in [1.807, 2.05) is 6.07 Å². The molecule has 0 spiro atoms. The number of amides is 1. The van der Waals surface area contributed by atoms with Gasteiger partial charge in [0, 0.05) is 28.6 Å². The van der Waals surface area contributed by atoms with E-state index in [1.165, 1.54) is 24.1 Å². The van der Waals surface area contributed by atoms with Gasteiger partial charge in [-0.25, -0.2) is 4.39 Å².